The van der Waals surface area contributed by atoms with Gasteiger partial charge in [0.1, 0.15) is 0 Å². The second-order valence-corrected chi connectivity index (χ2v) is 6.03. The van der Waals surface area contributed by atoms with Crippen LogP contribution in [-0.4, -0.2) is 60.2 Å². The topological polar surface area (TPSA) is 69.7 Å². The van der Waals surface area contributed by atoms with E-state index in [9.17, 15) is 14.4 Å². The monoisotopic (exact) mass is 351 g/mol. The van der Waals surface area contributed by atoms with Crippen molar-refractivity contribution in [3.05, 3.63) is 35.4 Å². The van der Waals surface area contributed by atoms with E-state index >= 15 is 0 Å². The summed E-state index contributed by atoms with van der Waals surface area (Å²) in [4.78, 5) is 39.9. The second kappa shape index (κ2) is 7.77. The van der Waals surface area contributed by atoms with Gasteiger partial charge in [0.05, 0.1) is 11.1 Å². The fourth-order valence-corrected chi connectivity index (χ4v) is 3.25. The maximum absolute atomic E-state index is 12.4. The maximum Gasteiger partial charge on any atom is 0.261 e. The van der Waals surface area contributed by atoms with Crippen LogP contribution in [0.1, 0.15) is 40.0 Å². The number of hydrogen-bond donors (Lipinski definition) is 1. The molecule has 0 bridgehead atoms. The summed E-state index contributed by atoms with van der Waals surface area (Å²) in [5.41, 5.74) is 0.858. The number of halogens is 1. The van der Waals surface area contributed by atoms with Gasteiger partial charge in [0.2, 0.25) is 5.91 Å². The molecule has 130 valence electrons. The van der Waals surface area contributed by atoms with E-state index in [2.05, 4.69) is 5.32 Å². The summed E-state index contributed by atoms with van der Waals surface area (Å²) in [7, 11) is 1.90. The molecule has 0 aliphatic carbocycles. The van der Waals surface area contributed by atoms with Crippen molar-refractivity contribution in [1.29, 1.82) is 0 Å². The first-order chi connectivity index (χ1) is 11.1. The lowest BCUT2D eigenvalue weighted by atomic mass is 10.1. The summed E-state index contributed by atoms with van der Waals surface area (Å²) in [5, 5.41) is 3.20. The zero-order valence-electron chi connectivity index (χ0n) is 13.7. The lowest BCUT2D eigenvalue weighted by Gasteiger charge is -2.33. The molecule has 0 radical (unpaired) electrons. The molecule has 3 amide bonds. The number of carbonyl (C=O) groups is 3. The summed E-state index contributed by atoms with van der Waals surface area (Å²) >= 11 is 0. The molecule has 1 unspecified atom stereocenters. The van der Waals surface area contributed by atoms with Crippen LogP contribution in [0.15, 0.2) is 24.3 Å². The van der Waals surface area contributed by atoms with Crippen LogP contribution in [0.3, 0.4) is 0 Å². The van der Waals surface area contributed by atoms with E-state index in [1.165, 1.54) is 4.90 Å². The molecule has 24 heavy (non-hydrogen) atoms. The highest BCUT2D eigenvalue weighted by Gasteiger charge is 2.35. The molecule has 1 saturated heterocycles. The van der Waals surface area contributed by atoms with Crippen LogP contribution in [0.5, 0.6) is 0 Å². The van der Waals surface area contributed by atoms with Gasteiger partial charge >= 0.3 is 0 Å². The van der Waals surface area contributed by atoms with Crippen LogP contribution < -0.4 is 5.32 Å². The normalized spacial score (nSPS) is 20.0. The van der Waals surface area contributed by atoms with Gasteiger partial charge in [-0.05, 0) is 32.0 Å². The Morgan fingerprint density at radius 2 is 1.83 bits per heavy atom. The van der Waals surface area contributed by atoms with E-state index in [1.54, 1.807) is 24.3 Å². The largest absolute Gasteiger partial charge is 0.341 e. The quantitative estimate of drug-likeness (QED) is 0.830. The molecule has 1 fully saturated rings. The fourth-order valence-electron chi connectivity index (χ4n) is 3.25. The molecule has 2 heterocycles. The lowest BCUT2D eigenvalue weighted by molar-refractivity contribution is -0.132. The summed E-state index contributed by atoms with van der Waals surface area (Å²) in [5.74, 6) is -0.600. The SMILES string of the molecule is CNC1CCCN(C(=O)CCN2C(=O)c3ccccc3C2=O)C1.Cl. The molecule has 6 nitrogen and oxygen atoms in total. The molecule has 1 N–H and O–H groups in total. The third-order valence-electron chi connectivity index (χ3n) is 4.61. The molecular formula is C17H22ClN3O3. The van der Waals surface area contributed by atoms with Crippen LogP contribution in [0.25, 0.3) is 0 Å². The minimum absolute atomic E-state index is 0. The van der Waals surface area contributed by atoms with Gasteiger partial charge in [-0.3, -0.25) is 19.3 Å². The molecule has 0 aromatic heterocycles. The Labute approximate surface area is 147 Å². The van der Waals surface area contributed by atoms with Gasteiger partial charge in [-0.25, -0.2) is 0 Å². The predicted molar refractivity (Wildman–Crippen MR) is 92.3 cm³/mol. The minimum Gasteiger partial charge on any atom is -0.341 e. The number of carbonyl (C=O) groups excluding carboxylic acids is 3. The average molecular weight is 352 g/mol. The number of hydrogen-bond acceptors (Lipinski definition) is 4. The molecule has 7 heteroatoms. The molecule has 3 rings (SSSR count). The van der Waals surface area contributed by atoms with Crippen LogP contribution in [0, 0.1) is 0 Å². The van der Waals surface area contributed by atoms with Gasteiger partial charge in [0.15, 0.2) is 0 Å². The Kier molecular flexibility index (Phi) is 5.96. The molecule has 1 aromatic rings. The maximum atomic E-state index is 12.4. The Bertz CT molecular complexity index is 615. The summed E-state index contributed by atoms with van der Waals surface area (Å²) in [6.07, 6.45) is 2.23. The van der Waals surface area contributed by atoms with E-state index in [0.29, 0.717) is 23.7 Å². The van der Waals surface area contributed by atoms with E-state index in [1.807, 2.05) is 11.9 Å². The summed E-state index contributed by atoms with van der Waals surface area (Å²) in [6.45, 7) is 1.59. The number of likely N-dealkylation sites (N-methyl/N-ethyl adjacent to an activating group) is 1. The van der Waals surface area contributed by atoms with Crippen LogP contribution in [0.4, 0.5) is 0 Å². The number of rotatable bonds is 4. The van der Waals surface area contributed by atoms with Crippen LogP contribution >= 0.6 is 12.4 Å². The zero-order chi connectivity index (χ0) is 16.4. The lowest BCUT2D eigenvalue weighted by Crippen LogP contribution is -2.47. The van der Waals surface area contributed by atoms with E-state index in [4.69, 9.17) is 0 Å². The van der Waals surface area contributed by atoms with E-state index < -0.39 is 0 Å². The molecule has 2 aliphatic rings. The van der Waals surface area contributed by atoms with Crippen molar-refractivity contribution in [3.8, 4) is 0 Å². The van der Waals surface area contributed by atoms with Crippen molar-refractivity contribution in [1.82, 2.24) is 15.1 Å². The van der Waals surface area contributed by atoms with Crippen molar-refractivity contribution >= 4 is 30.1 Å². The van der Waals surface area contributed by atoms with Gasteiger partial charge in [0, 0.05) is 32.1 Å². The third-order valence-corrected chi connectivity index (χ3v) is 4.61. The predicted octanol–water partition coefficient (Wildman–Crippen LogP) is 1.30. The number of imide groups is 1. The Balaban J connectivity index is 0.00000208. The highest BCUT2D eigenvalue weighted by Crippen LogP contribution is 2.22. The number of benzene rings is 1. The Morgan fingerprint density at radius 1 is 1.21 bits per heavy atom. The number of nitrogens with zero attached hydrogens (tertiary/aromatic N) is 2. The molecule has 1 atom stereocenters. The molecule has 0 spiro atoms. The number of likely N-dealkylation sites (tertiary alicyclic amines) is 1. The third kappa shape index (κ3) is 3.44. The molecule has 0 saturated carbocycles. The van der Waals surface area contributed by atoms with E-state index in [0.717, 1.165) is 19.4 Å². The molecule has 2 aliphatic heterocycles. The first-order valence-electron chi connectivity index (χ1n) is 8.02. The van der Waals surface area contributed by atoms with Gasteiger partial charge in [0.25, 0.3) is 11.8 Å². The summed E-state index contributed by atoms with van der Waals surface area (Å²) in [6, 6.07) is 7.11. The minimum atomic E-state index is -0.301. The average Bonchev–Trinajstić information content (AvgIpc) is 2.84. The highest BCUT2D eigenvalue weighted by molar-refractivity contribution is 6.21. The molecule has 1 aromatic carbocycles. The standard InChI is InChI=1S/C17H21N3O3.ClH/c1-18-12-5-4-9-19(11-12)15(21)8-10-20-16(22)13-6-2-3-7-14(13)17(20)23;/h2-3,6-7,12,18H,4-5,8-11H2,1H3;1H. The van der Waals surface area contributed by atoms with Crippen molar-refractivity contribution in [2.24, 2.45) is 0 Å². The first kappa shape index (κ1) is 18.4. The smallest absolute Gasteiger partial charge is 0.261 e. The first-order valence-corrected chi connectivity index (χ1v) is 8.02. The Hall–Kier alpha value is -1.92. The van der Waals surface area contributed by atoms with Crippen molar-refractivity contribution < 1.29 is 14.4 Å². The van der Waals surface area contributed by atoms with Gasteiger partial charge < -0.3 is 10.2 Å². The number of piperidine rings is 1. The second-order valence-electron chi connectivity index (χ2n) is 6.03. The van der Waals surface area contributed by atoms with Crippen LogP contribution in [-0.2, 0) is 4.79 Å². The van der Waals surface area contributed by atoms with Crippen LogP contribution in [0.2, 0.25) is 0 Å². The summed E-state index contributed by atoms with van der Waals surface area (Å²) < 4.78 is 0. The van der Waals surface area contributed by atoms with Gasteiger partial charge in [-0.15, -0.1) is 12.4 Å². The number of amides is 3. The Morgan fingerprint density at radius 3 is 2.42 bits per heavy atom. The molecular weight excluding hydrogens is 330 g/mol. The highest BCUT2D eigenvalue weighted by atomic mass is 35.5. The van der Waals surface area contributed by atoms with Crippen molar-refractivity contribution in [2.75, 3.05) is 26.7 Å². The van der Waals surface area contributed by atoms with Crippen molar-refractivity contribution in [2.45, 2.75) is 25.3 Å². The number of fused-ring (bicyclic) bond motifs is 1. The van der Waals surface area contributed by atoms with Crippen molar-refractivity contribution in [3.63, 3.8) is 0 Å². The van der Waals surface area contributed by atoms with E-state index in [-0.39, 0.29) is 43.1 Å². The van der Waals surface area contributed by atoms with Gasteiger partial charge in [-0.1, -0.05) is 12.1 Å². The number of nitrogens with one attached hydrogen (secondary N) is 1. The fraction of sp³-hybridized carbons (Fsp3) is 0.471. The van der Waals surface area contributed by atoms with Gasteiger partial charge in [-0.2, -0.15) is 0 Å². The zero-order valence-corrected chi connectivity index (χ0v) is 14.5.